The van der Waals surface area contributed by atoms with Gasteiger partial charge in [-0.1, -0.05) is 30.3 Å². The van der Waals surface area contributed by atoms with Crippen LogP contribution in [0.15, 0.2) is 65.7 Å². The molecule has 1 amide bonds. The van der Waals surface area contributed by atoms with Gasteiger partial charge in [-0.3, -0.25) is 9.36 Å². The van der Waals surface area contributed by atoms with Crippen molar-refractivity contribution in [3.8, 4) is 5.69 Å². The molecular formula is C16H13BrN4O. The Balaban J connectivity index is 1.78. The summed E-state index contributed by atoms with van der Waals surface area (Å²) in [5.41, 5.74) is 2.46. The van der Waals surface area contributed by atoms with Crippen LogP contribution < -0.4 is 5.32 Å². The average Bonchev–Trinajstić information content (AvgIpc) is 3.08. The molecule has 0 aliphatic heterocycles. The molecule has 3 aromatic rings. The summed E-state index contributed by atoms with van der Waals surface area (Å²) in [4.78, 5) is 12.4. The predicted octanol–water partition coefficient (Wildman–Crippen LogP) is 2.96. The molecule has 0 bridgehead atoms. The lowest BCUT2D eigenvalue weighted by atomic mass is 10.1. The summed E-state index contributed by atoms with van der Waals surface area (Å²) in [5.74, 6) is -0.134. The van der Waals surface area contributed by atoms with Crippen molar-refractivity contribution in [2.75, 3.05) is 0 Å². The number of nitrogens with one attached hydrogen (secondary N) is 1. The average molecular weight is 357 g/mol. The predicted molar refractivity (Wildman–Crippen MR) is 86.7 cm³/mol. The normalized spacial score (nSPS) is 10.4. The Labute approximate surface area is 136 Å². The van der Waals surface area contributed by atoms with Gasteiger partial charge in [-0.05, 0) is 39.7 Å². The Morgan fingerprint density at radius 1 is 1.09 bits per heavy atom. The molecule has 1 heterocycles. The highest BCUT2D eigenvalue weighted by atomic mass is 79.9. The minimum Gasteiger partial charge on any atom is -0.348 e. The van der Waals surface area contributed by atoms with Crippen LogP contribution in [0.25, 0.3) is 5.69 Å². The lowest BCUT2D eigenvalue weighted by molar-refractivity contribution is 0.0950. The summed E-state index contributed by atoms with van der Waals surface area (Å²) < 4.78 is 2.50. The van der Waals surface area contributed by atoms with E-state index in [9.17, 15) is 4.79 Å². The Bertz CT molecular complexity index is 772. The van der Waals surface area contributed by atoms with Crippen molar-refractivity contribution in [2.24, 2.45) is 0 Å². The largest absolute Gasteiger partial charge is 0.348 e. The number of amides is 1. The van der Waals surface area contributed by atoms with Gasteiger partial charge in [-0.15, -0.1) is 10.2 Å². The molecule has 5 nitrogen and oxygen atoms in total. The van der Waals surface area contributed by atoms with Crippen LogP contribution in [-0.2, 0) is 6.54 Å². The molecule has 0 aliphatic carbocycles. The number of carbonyl (C=O) groups excluding carboxylic acids is 1. The SMILES string of the molecule is O=C(NCc1ccccc1)c1cc(-n2cnnc2)ccc1Br. The smallest absolute Gasteiger partial charge is 0.252 e. The van der Waals surface area contributed by atoms with Crippen LogP contribution in [0.3, 0.4) is 0 Å². The molecule has 0 atom stereocenters. The standard InChI is InChI=1S/C16H13BrN4O/c17-15-7-6-13(21-10-19-20-11-21)8-14(15)16(22)18-9-12-4-2-1-3-5-12/h1-8,10-11H,9H2,(H,18,22). The van der Waals surface area contributed by atoms with Crippen LogP contribution in [0.2, 0.25) is 0 Å². The van der Waals surface area contributed by atoms with Gasteiger partial charge in [-0.25, -0.2) is 0 Å². The molecule has 0 spiro atoms. The molecule has 1 N–H and O–H groups in total. The third kappa shape index (κ3) is 3.23. The van der Waals surface area contributed by atoms with Gasteiger partial charge in [0.25, 0.3) is 5.91 Å². The van der Waals surface area contributed by atoms with Crippen molar-refractivity contribution in [1.82, 2.24) is 20.1 Å². The highest BCUT2D eigenvalue weighted by molar-refractivity contribution is 9.10. The van der Waals surface area contributed by atoms with Gasteiger partial charge in [0, 0.05) is 16.7 Å². The second-order valence-electron chi connectivity index (χ2n) is 4.70. The van der Waals surface area contributed by atoms with E-state index >= 15 is 0 Å². The maximum absolute atomic E-state index is 12.4. The van der Waals surface area contributed by atoms with Gasteiger partial charge >= 0.3 is 0 Å². The number of aromatic nitrogens is 3. The molecule has 3 rings (SSSR count). The monoisotopic (exact) mass is 356 g/mol. The van der Waals surface area contributed by atoms with E-state index in [-0.39, 0.29) is 5.91 Å². The van der Waals surface area contributed by atoms with Crippen LogP contribution in [0.1, 0.15) is 15.9 Å². The molecule has 0 saturated carbocycles. The van der Waals surface area contributed by atoms with E-state index in [0.29, 0.717) is 12.1 Å². The van der Waals surface area contributed by atoms with Gasteiger partial charge < -0.3 is 5.32 Å². The van der Waals surface area contributed by atoms with Crippen molar-refractivity contribution < 1.29 is 4.79 Å². The van der Waals surface area contributed by atoms with Crippen molar-refractivity contribution in [3.05, 3.63) is 76.8 Å². The van der Waals surface area contributed by atoms with Crippen molar-refractivity contribution in [1.29, 1.82) is 0 Å². The van der Waals surface area contributed by atoms with E-state index in [4.69, 9.17) is 0 Å². The fraction of sp³-hybridized carbons (Fsp3) is 0.0625. The number of halogens is 1. The Hall–Kier alpha value is -2.47. The van der Waals surface area contributed by atoms with Gasteiger partial charge in [0.2, 0.25) is 0 Å². The molecule has 0 aliphatic rings. The highest BCUT2D eigenvalue weighted by Gasteiger charge is 2.11. The van der Waals surface area contributed by atoms with Gasteiger partial charge in [0.1, 0.15) is 12.7 Å². The molecule has 0 saturated heterocycles. The Morgan fingerprint density at radius 2 is 1.82 bits per heavy atom. The van der Waals surface area contributed by atoms with E-state index in [1.165, 1.54) is 0 Å². The van der Waals surface area contributed by atoms with Crippen molar-refractivity contribution in [3.63, 3.8) is 0 Å². The topological polar surface area (TPSA) is 59.8 Å². The molecular weight excluding hydrogens is 344 g/mol. The summed E-state index contributed by atoms with van der Waals surface area (Å²) in [6.45, 7) is 0.489. The zero-order valence-corrected chi connectivity index (χ0v) is 13.2. The highest BCUT2D eigenvalue weighted by Crippen LogP contribution is 2.20. The second-order valence-corrected chi connectivity index (χ2v) is 5.56. The molecule has 22 heavy (non-hydrogen) atoms. The quantitative estimate of drug-likeness (QED) is 0.781. The summed E-state index contributed by atoms with van der Waals surface area (Å²) in [5, 5.41) is 10.5. The Morgan fingerprint density at radius 3 is 2.55 bits per heavy atom. The summed E-state index contributed by atoms with van der Waals surface area (Å²) in [6, 6.07) is 15.3. The van der Waals surface area contributed by atoms with Crippen LogP contribution in [0.4, 0.5) is 0 Å². The number of benzene rings is 2. The van der Waals surface area contributed by atoms with E-state index < -0.39 is 0 Å². The maximum atomic E-state index is 12.4. The first-order valence-corrected chi connectivity index (χ1v) is 7.50. The first kappa shape index (κ1) is 14.5. The van der Waals surface area contributed by atoms with Crippen LogP contribution in [0, 0.1) is 0 Å². The number of hydrogen-bond acceptors (Lipinski definition) is 3. The number of carbonyl (C=O) groups is 1. The summed E-state index contributed by atoms with van der Waals surface area (Å²) >= 11 is 3.42. The number of nitrogens with zero attached hydrogens (tertiary/aromatic N) is 3. The first-order valence-electron chi connectivity index (χ1n) is 6.71. The molecule has 0 fully saturated rings. The fourth-order valence-corrected chi connectivity index (χ4v) is 2.48. The second kappa shape index (κ2) is 6.53. The van der Waals surface area contributed by atoms with Crippen LogP contribution in [-0.4, -0.2) is 20.7 Å². The fourth-order valence-electron chi connectivity index (χ4n) is 2.06. The molecule has 0 unspecified atom stereocenters. The molecule has 110 valence electrons. The maximum Gasteiger partial charge on any atom is 0.252 e. The van der Waals surface area contributed by atoms with E-state index in [0.717, 1.165) is 15.7 Å². The van der Waals surface area contributed by atoms with Gasteiger partial charge in [0.05, 0.1) is 5.56 Å². The lowest BCUT2D eigenvalue weighted by Crippen LogP contribution is -2.23. The first-order chi connectivity index (χ1) is 10.7. The van der Waals surface area contributed by atoms with Gasteiger partial charge in [0.15, 0.2) is 0 Å². The summed E-state index contributed by atoms with van der Waals surface area (Å²) in [7, 11) is 0. The molecule has 2 aromatic carbocycles. The molecule has 0 radical (unpaired) electrons. The number of rotatable bonds is 4. The zero-order chi connectivity index (χ0) is 15.4. The zero-order valence-electron chi connectivity index (χ0n) is 11.6. The minimum atomic E-state index is -0.134. The van der Waals surface area contributed by atoms with E-state index in [1.807, 2.05) is 42.5 Å². The van der Waals surface area contributed by atoms with Gasteiger partial charge in [-0.2, -0.15) is 0 Å². The van der Waals surface area contributed by atoms with E-state index in [1.54, 1.807) is 23.3 Å². The third-order valence-corrected chi connectivity index (χ3v) is 3.90. The molecule has 6 heteroatoms. The third-order valence-electron chi connectivity index (χ3n) is 3.21. The van der Waals surface area contributed by atoms with Crippen molar-refractivity contribution >= 4 is 21.8 Å². The minimum absolute atomic E-state index is 0.134. The number of hydrogen-bond donors (Lipinski definition) is 1. The lowest BCUT2D eigenvalue weighted by Gasteiger charge is -2.09. The van der Waals surface area contributed by atoms with E-state index in [2.05, 4.69) is 31.4 Å². The Kier molecular flexibility index (Phi) is 4.29. The molecule has 1 aromatic heterocycles. The van der Waals surface area contributed by atoms with Crippen LogP contribution in [0.5, 0.6) is 0 Å². The summed E-state index contributed by atoms with van der Waals surface area (Å²) in [6.07, 6.45) is 3.18. The van der Waals surface area contributed by atoms with Crippen LogP contribution >= 0.6 is 15.9 Å². The van der Waals surface area contributed by atoms with Crippen molar-refractivity contribution in [2.45, 2.75) is 6.54 Å².